The lowest BCUT2D eigenvalue weighted by Gasteiger charge is -2.11. The van der Waals surface area contributed by atoms with Crippen molar-refractivity contribution in [3.05, 3.63) is 48.0 Å². The molecule has 0 saturated heterocycles. The van der Waals surface area contributed by atoms with Gasteiger partial charge in [0, 0.05) is 12.6 Å². The second-order valence-electron chi connectivity index (χ2n) is 5.66. The van der Waals surface area contributed by atoms with Gasteiger partial charge in [0.1, 0.15) is 0 Å². The summed E-state index contributed by atoms with van der Waals surface area (Å²) < 4.78 is 0. The van der Waals surface area contributed by atoms with Crippen molar-refractivity contribution < 1.29 is 4.79 Å². The predicted octanol–water partition coefficient (Wildman–Crippen LogP) is 2.66. The summed E-state index contributed by atoms with van der Waals surface area (Å²) in [5.74, 6) is 0.673. The molecule has 1 atom stereocenters. The quantitative estimate of drug-likeness (QED) is 0.892. The molecule has 3 nitrogen and oxygen atoms in total. The molecule has 3 rings (SSSR count). The molecule has 0 bridgehead atoms. The van der Waals surface area contributed by atoms with E-state index in [0.717, 1.165) is 5.56 Å². The van der Waals surface area contributed by atoms with Crippen LogP contribution in [0.4, 0.5) is 0 Å². The summed E-state index contributed by atoms with van der Waals surface area (Å²) in [7, 11) is 0. The number of halogens is 1. The van der Waals surface area contributed by atoms with Crippen LogP contribution in [0, 0.1) is 5.92 Å². The number of amides is 1. The topological polar surface area (TPSA) is 55.1 Å². The van der Waals surface area contributed by atoms with Gasteiger partial charge < -0.3 is 11.1 Å². The minimum atomic E-state index is 0. The first-order chi connectivity index (χ1) is 9.72. The lowest BCUT2D eigenvalue weighted by atomic mass is 10.0. The molecule has 2 aromatic carbocycles. The molecular formula is C17H21ClN2O. The number of hydrogen-bond acceptors (Lipinski definition) is 2. The van der Waals surface area contributed by atoms with Gasteiger partial charge in [0.05, 0.1) is 6.42 Å². The maximum atomic E-state index is 11.9. The van der Waals surface area contributed by atoms with E-state index in [-0.39, 0.29) is 24.4 Å². The Morgan fingerprint density at radius 2 is 1.90 bits per heavy atom. The monoisotopic (exact) mass is 304 g/mol. The Balaban J connectivity index is 0.00000161. The summed E-state index contributed by atoms with van der Waals surface area (Å²) in [6.07, 6.45) is 2.84. The summed E-state index contributed by atoms with van der Waals surface area (Å²) in [6, 6.07) is 14.5. The SMILES string of the molecule is Cl.NC(CNC(=O)Cc1ccc2ccccc2c1)C1CC1. The van der Waals surface area contributed by atoms with Gasteiger partial charge in [0.15, 0.2) is 0 Å². The van der Waals surface area contributed by atoms with Gasteiger partial charge in [-0.25, -0.2) is 0 Å². The van der Waals surface area contributed by atoms with Gasteiger partial charge in [-0.15, -0.1) is 12.4 Å². The molecule has 1 unspecified atom stereocenters. The molecule has 3 N–H and O–H groups in total. The summed E-state index contributed by atoms with van der Waals surface area (Å²) in [5.41, 5.74) is 7.02. The molecule has 112 valence electrons. The van der Waals surface area contributed by atoms with Gasteiger partial charge in [0.25, 0.3) is 0 Å². The van der Waals surface area contributed by atoms with Crippen molar-refractivity contribution in [2.24, 2.45) is 11.7 Å². The van der Waals surface area contributed by atoms with Crippen LogP contribution < -0.4 is 11.1 Å². The molecule has 2 aromatic rings. The minimum Gasteiger partial charge on any atom is -0.354 e. The fraction of sp³-hybridized carbons (Fsp3) is 0.353. The summed E-state index contributed by atoms with van der Waals surface area (Å²) in [6.45, 7) is 0.594. The number of nitrogens with two attached hydrogens (primary N) is 1. The van der Waals surface area contributed by atoms with Gasteiger partial charge in [0.2, 0.25) is 5.91 Å². The van der Waals surface area contributed by atoms with Crippen LogP contribution in [-0.4, -0.2) is 18.5 Å². The number of benzene rings is 2. The Hall–Kier alpha value is -1.58. The first kappa shape index (κ1) is 15.8. The molecule has 1 aliphatic rings. The highest BCUT2D eigenvalue weighted by molar-refractivity contribution is 5.86. The van der Waals surface area contributed by atoms with Crippen molar-refractivity contribution in [3.63, 3.8) is 0 Å². The van der Waals surface area contributed by atoms with Crippen molar-refractivity contribution >= 4 is 29.1 Å². The average Bonchev–Trinajstić information content (AvgIpc) is 3.29. The highest BCUT2D eigenvalue weighted by Gasteiger charge is 2.28. The van der Waals surface area contributed by atoms with E-state index in [4.69, 9.17) is 5.73 Å². The zero-order valence-electron chi connectivity index (χ0n) is 11.9. The van der Waals surface area contributed by atoms with Gasteiger partial charge in [-0.1, -0.05) is 42.5 Å². The van der Waals surface area contributed by atoms with E-state index in [9.17, 15) is 4.79 Å². The van der Waals surface area contributed by atoms with Crippen LogP contribution in [0.1, 0.15) is 18.4 Å². The van der Waals surface area contributed by atoms with E-state index in [1.807, 2.05) is 18.2 Å². The Morgan fingerprint density at radius 3 is 2.62 bits per heavy atom. The lowest BCUT2D eigenvalue weighted by Crippen LogP contribution is -2.39. The zero-order chi connectivity index (χ0) is 13.9. The van der Waals surface area contributed by atoms with E-state index in [1.54, 1.807) is 0 Å². The third-order valence-electron chi connectivity index (χ3n) is 3.94. The van der Waals surface area contributed by atoms with Crippen LogP contribution in [0.15, 0.2) is 42.5 Å². The van der Waals surface area contributed by atoms with Crippen molar-refractivity contribution in [1.82, 2.24) is 5.32 Å². The number of carbonyl (C=O) groups excluding carboxylic acids is 1. The first-order valence-corrected chi connectivity index (χ1v) is 7.22. The molecule has 0 heterocycles. The Bertz CT molecular complexity index is 625. The molecule has 1 fully saturated rings. The number of fused-ring (bicyclic) bond motifs is 1. The van der Waals surface area contributed by atoms with Crippen molar-refractivity contribution in [2.45, 2.75) is 25.3 Å². The fourth-order valence-electron chi connectivity index (χ4n) is 2.52. The van der Waals surface area contributed by atoms with Crippen molar-refractivity contribution in [2.75, 3.05) is 6.54 Å². The Kier molecular flexibility index (Phi) is 5.21. The fourth-order valence-corrected chi connectivity index (χ4v) is 2.52. The molecule has 0 radical (unpaired) electrons. The van der Waals surface area contributed by atoms with Crippen molar-refractivity contribution in [3.8, 4) is 0 Å². The maximum absolute atomic E-state index is 11.9. The Morgan fingerprint density at radius 1 is 1.19 bits per heavy atom. The Labute approximate surface area is 131 Å². The minimum absolute atomic E-state index is 0. The standard InChI is InChI=1S/C17H20N2O.ClH/c18-16(14-7-8-14)11-19-17(20)10-12-5-6-13-3-1-2-4-15(13)9-12;/h1-6,9,14,16H,7-8,10-11,18H2,(H,19,20);1H. The van der Waals surface area contributed by atoms with Gasteiger partial charge in [-0.05, 0) is 35.1 Å². The third kappa shape index (κ3) is 4.19. The van der Waals surface area contributed by atoms with Crippen LogP contribution in [0.5, 0.6) is 0 Å². The molecule has 1 saturated carbocycles. The van der Waals surface area contributed by atoms with E-state index >= 15 is 0 Å². The van der Waals surface area contributed by atoms with E-state index in [0.29, 0.717) is 18.9 Å². The highest BCUT2D eigenvalue weighted by atomic mass is 35.5. The normalized spacial score (nSPS) is 15.3. The highest BCUT2D eigenvalue weighted by Crippen LogP contribution is 2.31. The maximum Gasteiger partial charge on any atom is 0.224 e. The zero-order valence-corrected chi connectivity index (χ0v) is 12.7. The van der Waals surface area contributed by atoms with Crippen LogP contribution in [0.25, 0.3) is 10.8 Å². The van der Waals surface area contributed by atoms with Gasteiger partial charge >= 0.3 is 0 Å². The molecule has 1 aliphatic carbocycles. The number of carbonyl (C=O) groups is 1. The lowest BCUT2D eigenvalue weighted by molar-refractivity contribution is -0.120. The number of hydrogen-bond donors (Lipinski definition) is 2. The molecule has 0 spiro atoms. The van der Waals surface area contributed by atoms with Crippen LogP contribution in [0.2, 0.25) is 0 Å². The van der Waals surface area contributed by atoms with E-state index in [1.165, 1.54) is 23.6 Å². The van der Waals surface area contributed by atoms with Gasteiger partial charge in [-0.3, -0.25) is 4.79 Å². The summed E-state index contributed by atoms with van der Waals surface area (Å²) in [5, 5.41) is 5.31. The molecular weight excluding hydrogens is 284 g/mol. The van der Waals surface area contributed by atoms with Crippen molar-refractivity contribution in [1.29, 1.82) is 0 Å². The molecule has 0 aromatic heterocycles. The smallest absolute Gasteiger partial charge is 0.224 e. The average molecular weight is 305 g/mol. The van der Waals surface area contributed by atoms with E-state index < -0.39 is 0 Å². The van der Waals surface area contributed by atoms with E-state index in [2.05, 4.69) is 29.6 Å². The van der Waals surface area contributed by atoms with Gasteiger partial charge in [-0.2, -0.15) is 0 Å². The van der Waals surface area contributed by atoms with Crippen LogP contribution >= 0.6 is 12.4 Å². The largest absolute Gasteiger partial charge is 0.354 e. The first-order valence-electron chi connectivity index (χ1n) is 7.22. The number of nitrogens with one attached hydrogen (secondary N) is 1. The summed E-state index contributed by atoms with van der Waals surface area (Å²) in [4.78, 5) is 11.9. The summed E-state index contributed by atoms with van der Waals surface area (Å²) >= 11 is 0. The molecule has 0 aliphatic heterocycles. The predicted molar refractivity (Wildman–Crippen MR) is 88.6 cm³/mol. The molecule has 4 heteroatoms. The molecule has 1 amide bonds. The molecule has 21 heavy (non-hydrogen) atoms. The second-order valence-corrected chi connectivity index (χ2v) is 5.66. The third-order valence-corrected chi connectivity index (χ3v) is 3.94. The second kappa shape index (κ2) is 6.92. The number of rotatable bonds is 5. The van der Waals surface area contributed by atoms with Crippen LogP contribution in [0.3, 0.4) is 0 Å². The van der Waals surface area contributed by atoms with Crippen LogP contribution in [-0.2, 0) is 11.2 Å².